The van der Waals surface area contributed by atoms with E-state index >= 15 is 0 Å². The van der Waals surface area contributed by atoms with Crippen LogP contribution >= 0.6 is 0 Å². The van der Waals surface area contributed by atoms with Crippen molar-refractivity contribution in [2.75, 3.05) is 27.2 Å². The minimum atomic E-state index is 0.0844. The summed E-state index contributed by atoms with van der Waals surface area (Å²) in [6, 6.07) is 8.14. The van der Waals surface area contributed by atoms with E-state index in [-0.39, 0.29) is 6.04 Å². The Hall–Kier alpha value is -1.06. The molecule has 0 spiro atoms. The molecule has 1 aromatic rings. The number of nitrogens with two attached hydrogens (primary N) is 1. The molecule has 1 fully saturated rings. The normalized spacial score (nSPS) is 23.3. The summed E-state index contributed by atoms with van der Waals surface area (Å²) in [5, 5.41) is 0. The van der Waals surface area contributed by atoms with Crippen molar-refractivity contribution < 1.29 is 4.74 Å². The molecule has 2 atom stereocenters. The molecule has 2 N–H and O–H groups in total. The highest BCUT2D eigenvalue weighted by Gasteiger charge is 2.27. The summed E-state index contributed by atoms with van der Waals surface area (Å²) < 4.78 is 5.36. The van der Waals surface area contributed by atoms with Gasteiger partial charge in [-0.1, -0.05) is 18.2 Å². The van der Waals surface area contributed by atoms with Gasteiger partial charge in [0, 0.05) is 18.2 Å². The van der Waals surface area contributed by atoms with Crippen LogP contribution in [0.25, 0.3) is 0 Å². The van der Waals surface area contributed by atoms with Gasteiger partial charge in [-0.2, -0.15) is 0 Å². The Labute approximate surface area is 97.2 Å². The molecule has 0 amide bonds. The summed E-state index contributed by atoms with van der Waals surface area (Å²) in [7, 11) is 3.85. The first kappa shape index (κ1) is 11.4. The molecule has 0 aromatic heterocycles. The van der Waals surface area contributed by atoms with E-state index in [1.54, 1.807) is 7.11 Å². The third-order valence-electron chi connectivity index (χ3n) is 3.43. The van der Waals surface area contributed by atoms with Crippen LogP contribution in [-0.4, -0.2) is 32.1 Å². The average molecular weight is 220 g/mol. The highest BCUT2D eigenvalue weighted by molar-refractivity contribution is 5.36. The predicted octanol–water partition coefficient (Wildman–Crippen LogP) is 1.65. The number of likely N-dealkylation sites (tertiary alicyclic amines) is 1. The lowest BCUT2D eigenvalue weighted by atomic mass is 9.92. The van der Waals surface area contributed by atoms with Gasteiger partial charge in [-0.05, 0) is 32.0 Å². The van der Waals surface area contributed by atoms with E-state index in [4.69, 9.17) is 10.5 Å². The topological polar surface area (TPSA) is 38.5 Å². The van der Waals surface area contributed by atoms with E-state index in [0.29, 0.717) is 5.92 Å². The molecular weight excluding hydrogens is 200 g/mol. The first-order valence-corrected chi connectivity index (χ1v) is 5.79. The Bertz CT molecular complexity index is 354. The smallest absolute Gasteiger partial charge is 0.123 e. The molecule has 1 heterocycles. The lowest BCUT2D eigenvalue weighted by Crippen LogP contribution is -2.24. The fourth-order valence-corrected chi connectivity index (χ4v) is 2.46. The number of para-hydroxylation sites is 1. The number of ether oxygens (including phenoxy) is 1. The van der Waals surface area contributed by atoms with E-state index in [0.717, 1.165) is 24.4 Å². The third-order valence-corrected chi connectivity index (χ3v) is 3.43. The first-order valence-electron chi connectivity index (χ1n) is 5.79. The minimum absolute atomic E-state index is 0.0844. The van der Waals surface area contributed by atoms with Crippen LogP contribution in [0.4, 0.5) is 0 Å². The number of hydrogen-bond donors (Lipinski definition) is 1. The van der Waals surface area contributed by atoms with Crippen molar-refractivity contribution in [3.05, 3.63) is 29.8 Å². The van der Waals surface area contributed by atoms with Crippen molar-refractivity contribution in [2.24, 2.45) is 11.7 Å². The van der Waals surface area contributed by atoms with E-state index in [2.05, 4.69) is 18.0 Å². The summed E-state index contributed by atoms with van der Waals surface area (Å²) in [5.41, 5.74) is 7.46. The number of methoxy groups -OCH3 is 1. The van der Waals surface area contributed by atoms with Crippen LogP contribution < -0.4 is 10.5 Å². The molecule has 16 heavy (non-hydrogen) atoms. The molecule has 0 aliphatic carbocycles. The second kappa shape index (κ2) is 4.85. The van der Waals surface area contributed by atoms with E-state index in [1.807, 2.05) is 18.2 Å². The van der Waals surface area contributed by atoms with Gasteiger partial charge in [0.25, 0.3) is 0 Å². The number of hydrogen-bond acceptors (Lipinski definition) is 3. The molecular formula is C13H20N2O. The standard InChI is InChI=1S/C13H20N2O/c1-15-8-7-10(9-15)13(14)11-5-3-4-6-12(11)16-2/h3-6,10,13H,7-9,14H2,1-2H3. The molecule has 3 heteroatoms. The largest absolute Gasteiger partial charge is 0.496 e. The van der Waals surface area contributed by atoms with Crippen LogP contribution in [0, 0.1) is 5.92 Å². The van der Waals surface area contributed by atoms with Gasteiger partial charge >= 0.3 is 0 Å². The predicted molar refractivity (Wildman–Crippen MR) is 65.5 cm³/mol. The molecule has 3 nitrogen and oxygen atoms in total. The van der Waals surface area contributed by atoms with Gasteiger partial charge in [-0.25, -0.2) is 0 Å². The third kappa shape index (κ3) is 2.20. The van der Waals surface area contributed by atoms with Gasteiger partial charge in [-0.15, -0.1) is 0 Å². The number of rotatable bonds is 3. The summed E-state index contributed by atoms with van der Waals surface area (Å²) in [6.07, 6.45) is 1.18. The monoisotopic (exact) mass is 220 g/mol. The Morgan fingerprint density at radius 2 is 2.19 bits per heavy atom. The Morgan fingerprint density at radius 3 is 2.81 bits per heavy atom. The molecule has 0 bridgehead atoms. The maximum absolute atomic E-state index is 6.33. The quantitative estimate of drug-likeness (QED) is 0.841. The van der Waals surface area contributed by atoms with Crippen molar-refractivity contribution >= 4 is 0 Å². The highest BCUT2D eigenvalue weighted by atomic mass is 16.5. The van der Waals surface area contributed by atoms with Crippen molar-refractivity contribution in [1.29, 1.82) is 0 Å². The molecule has 2 unspecified atom stereocenters. The molecule has 1 aliphatic heterocycles. The maximum Gasteiger partial charge on any atom is 0.123 e. The zero-order valence-electron chi connectivity index (χ0n) is 10.0. The van der Waals surface area contributed by atoms with Crippen molar-refractivity contribution in [1.82, 2.24) is 4.90 Å². The Balaban J connectivity index is 2.16. The number of benzene rings is 1. The molecule has 1 aromatic carbocycles. The van der Waals surface area contributed by atoms with Gasteiger partial charge in [0.05, 0.1) is 7.11 Å². The second-order valence-corrected chi connectivity index (χ2v) is 4.58. The van der Waals surface area contributed by atoms with Gasteiger partial charge in [0.2, 0.25) is 0 Å². The summed E-state index contributed by atoms with van der Waals surface area (Å²) in [4.78, 5) is 2.33. The highest BCUT2D eigenvalue weighted by Crippen LogP contribution is 2.32. The Morgan fingerprint density at radius 1 is 1.44 bits per heavy atom. The molecule has 0 saturated carbocycles. The van der Waals surface area contributed by atoms with E-state index < -0.39 is 0 Å². The fourth-order valence-electron chi connectivity index (χ4n) is 2.46. The van der Waals surface area contributed by atoms with Crippen LogP contribution in [0.3, 0.4) is 0 Å². The zero-order valence-corrected chi connectivity index (χ0v) is 10.0. The fraction of sp³-hybridized carbons (Fsp3) is 0.538. The summed E-state index contributed by atoms with van der Waals surface area (Å²) in [5.74, 6) is 1.45. The van der Waals surface area contributed by atoms with Crippen LogP contribution in [0.1, 0.15) is 18.0 Å². The SMILES string of the molecule is COc1ccccc1C(N)C1CCN(C)C1. The molecule has 1 aliphatic rings. The summed E-state index contributed by atoms with van der Waals surface area (Å²) in [6.45, 7) is 2.23. The van der Waals surface area contributed by atoms with Gasteiger partial charge < -0.3 is 15.4 Å². The Kier molecular flexibility index (Phi) is 3.46. The lowest BCUT2D eigenvalue weighted by Gasteiger charge is -2.21. The van der Waals surface area contributed by atoms with Gasteiger partial charge in [0.1, 0.15) is 5.75 Å². The van der Waals surface area contributed by atoms with E-state index in [1.165, 1.54) is 6.42 Å². The maximum atomic E-state index is 6.33. The minimum Gasteiger partial charge on any atom is -0.496 e. The summed E-state index contributed by atoms with van der Waals surface area (Å²) >= 11 is 0. The first-order chi connectivity index (χ1) is 7.72. The average Bonchev–Trinajstić information content (AvgIpc) is 2.75. The molecule has 0 radical (unpaired) electrons. The van der Waals surface area contributed by atoms with Crippen molar-refractivity contribution in [3.8, 4) is 5.75 Å². The molecule has 2 rings (SSSR count). The van der Waals surface area contributed by atoms with Crippen molar-refractivity contribution in [2.45, 2.75) is 12.5 Å². The lowest BCUT2D eigenvalue weighted by molar-refractivity contribution is 0.360. The van der Waals surface area contributed by atoms with Gasteiger partial charge in [0.15, 0.2) is 0 Å². The van der Waals surface area contributed by atoms with Gasteiger partial charge in [-0.3, -0.25) is 0 Å². The van der Waals surface area contributed by atoms with E-state index in [9.17, 15) is 0 Å². The van der Waals surface area contributed by atoms with Crippen LogP contribution in [0.2, 0.25) is 0 Å². The molecule has 88 valence electrons. The van der Waals surface area contributed by atoms with Crippen LogP contribution in [-0.2, 0) is 0 Å². The van der Waals surface area contributed by atoms with Crippen LogP contribution in [0.15, 0.2) is 24.3 Å². The zero-order chi connectivity index (χ0) is 11.5. The number of nitrogens with zero attached hydrogens (tertiary/aromatic N) is 1. The van der Waals surface area contributed by atoms with Crippen molar-refractivity contribution in [3.63, 3.8) is 0 Å². The molecule has 1 saturated heterocycles. The second-order valence-electron chi connectivity index (χ2n) is 4.58. The van der Waals surface area contributed by atoms with Crippen LogP contribution in [0.5, 0.6) is 5.75 Å².